The van der Waals surface area contributed by atoms with E-state index >= 15 is 0 Å². The van der Waals surface area contributed by atoms with Gasteiger partial charge in [0.2, 0.25) is 5.78 Å². The molecule has 4 aliphatic rings. The van der Waals surface area contributed by atoms with Gasteiger partial charge in [-0.15, -0.1) is 0 Å². The van der Waals surface area contributed by atoms with Crippen LogP contribution in [-0.4, -0.2) is 134 Å². The van der Waals surface area contributed by atoms with Crippen LogP contribution in [0, 0.1) is 35.5 Å². The van der Waals surface area contributed by atoms with Crippen molar-refractivity contribution in [2.24, 2.45) is 35.5 Å². The monoisotopic (exact) mass is 942 g/mol. The Kier molecular flexibility index (Phi) is 22.3. The van der Waals surface area contributed by atoms with Crippen LogP contribution < -0.4 is 0 Å². The van der Waals surface area contributed by atoms with Crippen molar-refractivity contribution in [2.75, 3.05) is 35.0 Å². The fraction of sp³-hybridized carbons (Fsp3) is 0.755. The van der Waals surface area contributed by atoms with Gasteiger partial charge in [0, 0.05) is 65.6 Å². The van der Waals surface area contributed by atoms with Crippen LogP contribution >= 0.6 is 0 Å². The van der Waals surface area contributed by atoms with Crippen molar-refractivity contribution in [2.45, 2.75) is 186 Å². The zero-order valence-corrected chi connectivity index (χ0v) is 42.3. The van der Waals surface area contributed by atoms with E-state index in [1.807, 2.05) is 58.1 Å². The number of piperidine rings is 1. The van der Waals surface area contributed by atoms with Crippen molar-refractivity contribution in [1.29, 1.82) is 0 Å². The second kappa shape index (κ2) is 26.6. The van der Waals surface area contributed by atoms with Crippen LogP contribution in [0.2, 0.25) is 0 Å². The van der Waals surface area contributed by atoms with Gasteiger partial charge in [0.15, 0.2) is 11.6 Å². The van der Waals surface area contributed by atoms with Gasteiger partial charge in [-0.05, 0) is 107 Å². The summed E-state index contributed by atoms with van der Waals surface area (Å²) in [5, 5.41) is 22.4. The van der Waals surface area contributed by atoms with Crippen LogP contribution in [0.25, 0.3) is 0 Å². The molecule has 3 fully saturated rings. The van der Waals surface area contributed by atoms with E-state index in [0.29, 0.717) is 63.4 Å². The number of esters is 1. The fourth-order valence-corrected chi connectivity index (χ4v) is 10.6. The predicted molar refractivity (Wildman–Crippen MR) is 255 cm³/mol. The maximum atomic E-state index is 14.4. The average molecular weight is 942 g/mol. The van der Waals surface area contributed by atoms with Gasteiger partial charge in [0.25, 0.3) is 5.91 Å². The first-order chi connectivity index (χ1) is 31.8. The Morgan fingerprint density at radius 1 is 0.821 bits per heavy atom. The van der Waals surface area contributed by atoms with E-state index in [2.05, 4.69) is 6.92 Å². The number of aliphatic hydroxyl groups is 2. The Morgan fingerprint density at radius 3 is 2.21 bits per heavy atom. The highest BCUT2D eigenvalue weighted by Crippen LogP contribution is 2.38. The molecular weight excluding hydrogens is 859 g/mol. The first kappa shape index (κ1) is 56.2. The van der Waals surface area contributed by atoms with Gasteiger partial charge in [0.05, 0.1) is 30.8 Å². The van der Waals surface area contributed by atoms with Gasteiger partial charge in [-0.2, -0.15) is 0 Å². The molecule has 0 radical (unpaired) electrons. The minimum Gasteiger partial charge on any atom is -0.460 e. The number of ether oxygens (including phenoxy) is 6. The molecule has 67 heavy (non-hydrogen) atoms. The van der Waals surface area contributed by atoms with Crippen LogP contribution in [0.1, 0.15) is 132 Å². The van der Waals surface area contributed by atoms with Crippen LogP contribution in [0.3, 0.4) is 0 Å². The zero-order chi connectivity index (χ0) is 49.6. The average Bonchev–Trinajstić information content (AvgIpc) is 3.30. The molecule has 0 aromatic rings. The van der Waals surface area contributed by atoms with E-state index in [4.69, 9.17) is 28.4 Å². The summed E-state index contributed by atoms with van der Waals surface area (Å²) < 4.78 is 35.7. The molecular formula is C53H83NO13. The molecule has 0 unspecified atom stereocenters. The molecule has 3 heterocycles. The Labute approximate surface area is 400 Å². The highest BCUT2D eigenvalue weighted by atomic mass is 16.6. The van der Waals surface area contributed by atoms with E-state index < -0.39 is 78.3 Å². The smallest absolute Gasteiger partial charge is 0.329 e. The third kappa shape index (κ3) is 15.6. The van der Waals surface area contributed by atoms with Gasteiger partial charge in [0.1, 0.15) is 30.1 Å². The van der Waals surface area contributed by atoms with Crippen LogP contribution in [0.4, 0.5) is 0 Å². The molecule has 3 aliphatic heterocycles. The summed E-state index contributed by atoms with van der Waals surface area (Å²) >= 11 is 0. The molecule has 1 saturated carbocycles. The van der Waals surface area contributed by atoms with Crippen LogP contribution in [0.15, 0.2) is 47.6 Å². The van der Waals surface area contributed by atoms with Gasteiger partial charge in [-0.25, -0.2) is 4.79 Å². The number of allylic oxidation sites excluding steroid dienone is 6. The molecule has 0 aromatic heterocycles. The molecule has 14 heteroatoms. The number of rotatable bonds is 7. The lowest BCUT2D eigenvalue weighted by atomic mass is 9.78. The third-order valence-corrected chi connectivity index (χ3v) is 15.0. The van der Waals surface area contributed by atoms with E-state index in [0.717, 1.165) is 12.0 Å². The molecule has 2 bridgehead atoms. The maximum Gasteiger partial charge on any atom is 0.329 e. The molecule has 2 N–H and O–H groups in total. The number of methoxy groups -OCH3 is 4. The second-order valence-electron chi connectivity index (χ2n) is 20.2. The van der Waals surface area contributed by atoms with Crippen molar-refractivity contribution >= 4 is 29.2 Å². The van der Waals surface area contributed by atoms with Crippen molar-refractivity contribution < 1.29 is 62.6 Å². The standard InChI is InChI=1S/C53H83NO13/c1-32-17-13-12-14-18-33(2)45(62-8)29-40-22-20-38(7)53(61,67-40)31-44(57)51(59)54-24-16-15-19-41(54)52(60)66-46(35(4)27-39-21-23-42(55)47(28-39)63-9)30-43(56)34(3)26-37(6)49(64-10)50(65-11)48(58)36(5)25-32/h12-14,17-18,26,32,34-36,38-42,45-47,49-50,55,61H,15-16,19-25,27-31H2,1-11H3/b14-12+,17-13+,33-18+,37-26+/t32-,34-,35-,36-,38-,39+,40+,41+,42-,45+,46+,47-,49-,50+,53+/m1/s1. The molecule has 2 saturated heterocycles. The minimum absolute atomic E-state index is 0.0667. The summed E-state index contributed by atoms with van der Waals surface area (Å²) in [6.07, 6.45) is 12.8. The summed E-state index contributed by atoms with van der Waals surface area (Å²) in [4.78, 5) is 71.8. The number of carbonyl (C=O) groups is 5. The number of fused-ring (bicyclic) bond motifs is 3. The Balaban J connectivity index is 1.70. The van der Waals surface area contributed by atoms with Gasteiger partial charge in [-0.3, -0.25) is 19.2 Å². The largest absolute Gasteiger partial charge is 0.460 e. The van der Waals surface area contributed by atoms with E-state index in [-0.39, 0.29) is 66.8 Å². The van der Waals surface area contributed by atoms with Gasteiger partial charge < -0.3 is 43.5 Å². The molecule has 378 valence electrons. The normalized spacial score (nSPS) is 39.7. The van der Waals surface area contributed by atoms with Crippen LogP contribution in [0.5, 0.6) is 0 Å². The molecule has 15 atom stereocenters. The van der Waals surface area contributed by atoms with Crippen molar-refractivity contribution in [3.63, 3.8) is 0 Å². The first-order valence-corrected chi connectivity index (χ1v) is 24.8. The molecule has 4 rings (SSSR count). The van der Waals surface area contributed by atoms with Crippen molar-refractivity contribution in [3.8, 4) is 0 Å². The predicted octanol–water partition coefficient (Wildman–Crippen LogP) is 7.22. The Hall–Kier alpha value is -3.37. The number of carbonyl (C=O) groups excluding carboxylic acids is 5. The number of Topliss-reactive ketones (excluding diaryl/α,β-unsaturated/α-hetero) is 3. The molecule has 0 aromatic carbocycles. The lowest BCUT2D eigenvalue weighted by molar-refractivity contribution is -0.282. The Morgan fingerprint density at radius 2 is 1.54 bits per heavy atom. The number of aliphatic hydroxyl groups excluding tert-OH is 1. The first-order valence-electron chi connectivity index (χ1n) is 24.8. The molecule has 1 aliphatic carbocycles. The summed E-state index contributed by atoms with van der Waals surface area (Å²) in [7, 11) is 6.19. The molecule has 14 nitrogen and oxygen atoms in total. The third-order valence-electron chi connectivity index (χ3n) is 15.0. The van der Waals surface area contributed by atoms with Crippen molar-refractivity contribution in [3.05, 3.63) is 47.6 Å². The fourth-order valence-electron chi connectivity index (χ4n) is 10.6. The number of hydrogen-bond donors (Lipinski definition) is 2. The number of cyclic esters (lactones) is 1. The summed E-state index contributed by atoms with van der Waals surface area (Å²) in [5.41, 5.74) is 1.58. The minimum atomic E-state index is -1.91. The van der Waals surface area contributed by atoms with E-state index in [1.165, 1.54) is 19.1 Å². The molecule has 0 spiro atoms. The highest BCUT2D eigenvalue weighted by molar-refractivity contribution is 6.36. The SMILES string of the molecule is CO[C@H]1C[C@@H]2CC[C@@H](C)[C@](O)(CC(=O)C(=O)N3CCCC[C@H]3C(=O)O[C@H]([C@H](C)C[C@@H]3CC[C@@H](O)[C@H](OC)C3)CC(=O)[C@H](C)/C=C(\C)[C@@H](OC)[C@@H](OC)C(=O)[C@H](C)C[C@H](C)/C=C/C=C/C=C/1C)O2. The summed E-state index contributed by atoms with van der Waals surface area (Å²) in [6.45, 7) is 13.4. The highest BCUT2D eigenvalue weighted by Gasteiger charge is 2.47. The lowest BCUT2D eigenvalue weighted by Crippen LogP contribution is -2.54. The van der Waals surface area contributed by atoms with Crippen molar-refractivity contribution in [1.82, 2.24) is 4.90 Å². The van der Waals surface area contributed by atoms with Gasteiger partial charge >= 0.3 is 5.97 Å². The maximum absolute atomic E-state index is 14.4. The van der Waals surface area contributed by atoms with E-state index in [9.17, 15) is 34.2 Å². The summed E-state index contributed by atoms with van der Waals surface area (Å²) in [5.74, 6) is -6.19. The number of ketones is 3. The topological polar surface area (TPSA) is 184 Å². The summed E-state index contributed by atoms with van der Waals surface area (Å²) in [6, 6.07) is -1.07. The van der Waals surface area contributed by atoms with E-state index in [1.54, 1.807) is 34.1 Å². The van der Waals surface area contributed by atoms with Gasteiger partial charge in [-0.1, -0.05) is 71.1 Å². The second-order valence-corrected chi connectivity index (χ2v) is 20.2. The zero-order valence-electron chi connectivity index (χ0n) is 42.3. The molecule has 1 amide bonds. The number of nitrogens with zero attached hydrogens (tertiary/aromatic N) is 1. The lowest BCUT2D eigenvalue weighted by Gasteiger charge is -2.43. The van der Waals surface area contributed by atoms with Crippen LogP contribution in [-0.2, 0) is 52.4 Å². The number of amides is 1. The quantitative estimate of drug-likeness (QED) is 0.148. The Bertz CT molecular complexity index is 1790. The number of hydrogen-bond acceptors (Lipinski definition) is 13.